The number of carbonyl (C=O) groups excluding carboxylic acids is 1. The first-order chi connectivity index (χ1) is 10.0. The SMILES string of the molecule is CCCCN(CCCC)c1cc(C(=O)N(C)C)ccc1N. The molecular formula is C17H29N3O. The molecule has 0 saturated carbocycles. The maximum absolute atomic E-state index is 12.1. The van der Waals surface area contributed by atoms with Crippen LogP contribution in [0.4, 0.5) is 11.4 Å². The third kappa shape index (κ3) is 4.96. The van der Waals surface area contributed by atoms with E-state index in [0.717, 1.165) is 50.1 Å². The number of rotatable bonds is 8. The predicted octanol–water partition coefficient (Wildman–Crippen LogP) is 3.38. The van der Waals surface area contributed by atoms with E-state index in [-0.39, 0.29) is 5.91 Å². The highest BCUT2D eigenvalue weighted by Crippen LogP contribution is 2.26. The molecule has 21 heavy (non-hydrogen) atoms. The molecule has 0 atom stereocenters. The highest BCUT2D eigenvalue weighted by atomic mass is 16.2. The first-order valence-electron chi connectivity index (χ1n) is 7.87. The molecule has 0 saturated heterocycles. The number of unbranched alkanes of at least 4 members (excludes halogenated alkanes) is 2. The molecule has 0 heterocycles. The maximum atomic E-state index is 12.1. The van der Waals surface area contributed by atoms with E-state index in [4.69, 9.17) is 5.73 Å². The smallest absolute Gasteiger partial charge is 0.253 e. The largest absolute Gasteiger partial charge is 0.397 e. The van der Waals surface area contributed by atoms with Gasteiger partial charge in [-0.05, 0) is 31.0 Å². The Balaban J connectivity index is 3.04. The predicted molar refractivity (Wildman–Crippen MR) is 90.9 cm³/mol. The van der Waals surface area contributed by atoms with Crippen molar-refractivity contribution in [3.63, 3.8) is 0 Å². The fourth-order valence-corrected chi connectivity index (χ4v) is 2.26. The summed E-state index contributed by atoms with van der Waals surface area (Å²) >= 11 is 0. The summed E-state index contributed by atoms with van der Waals surface area (Å²) < 4.78 is 0. The van der Waals surface area contributed by atoms with Crippen LogP contribution in [-0.2, 0) is 0 Å². The summed E-state index contributed by atoms with van der Waals surface area (Å²) in [6.45, 7) is 6.35. The van der Waals surface area contributed by atoms with Crippen molar-refractivity contribution in [3.05, 3.63) is 23.8 Å². The molecule has 0 aliphatic rings. The number of carbonyl (C=O) groups is 1. The van der Waals surface area contributed by atoms with Crippen molar-refractivity contribution in [1.82, 2.24) is 4.90 Å². The van der Waals surface area contributed by atoms with Gasteiger partial charge < -0.3 is 15.5 Å². The lowest BCUT2D eigenvalue weighted by molar-refractivity contribution is 0.0827. The highest BCUT2D eigenvalue weighted by Gasteiger charge is 2.14. The fraction of sp³-hybridized carbons (Fsp3) is 0.588. The van der Waals surface area contributed by atoms with Crippen molar-refractivity contribution in [2.45, 2.75) is 39.5 Å². The van der Waals surface area contributed by atoms with Crippen LogP contribution in [0.15, 0.2) is 18.2 Å². The number of nitrogen functional groups attached to an aromatic ring is 1. The average molecular weight is 291 g/mol. The van der Waals surface area contributed by atoms with Gasteiger partial charge in [0.1, 0.15) is 0 Å². The number of anilines is 2. The van der Waals surface area contributed by atoms with Crippen LogP contribution >= 0.6 is 0 Å². The molecule has 0 fully saturated rings. The quantitative estimate of drug-likeness (QED) is 0.747. The molecule has 4 nitrogen and oxygen atoms in total. The zero-order valence-corrected chi connectivity index (χ0v) is 13.9. The van der Waals surface area contributed by atoms with E-state index in [1.165, 1.54) is 0 Å². The lowest BCUT2D eigenvalue weighted by atomic mass is 10.1. The Morgan fingerprint density at radius 1 is 1.10 bits per heavy atom. The second-order valence-corrected chi connectivity index (χ2v) is 5.67. The van der Waals surface area contributed by atoms with Gasteiger partial charge in [-0.15, -0.1) is 0 Å². The van der Waals surface area contributed by atoms with Crippen molar-refractivity contribution < 1.29 is 4.79 Å². The van der Waals surface area contributed by atoms with Gasteiger partial charge in [0, 0.05) is 32.7 Å². The molecule has 1 aromatic rings. The lowest BCUT2D eigenvalue weighted by Crippen LogP contribution is -2.27. The molecular weight excluding hydrogens is 262 g/mol. The van der Waals surface area contributed by atoms with Gasteiger partial charge in [-0.25, -0.2) is 0 Å². The number of nitrogens with two attached hydrogens (primary N) is 1. The summed E-state index contributed by atoms with van der Waals surface area (Å²) in [5, 5.41) is 0. The third-order valence-electron chi connectivity index (χ3n) is 3.59. The van der Waals surface area contributed by atoms with Gasteiger partial charge in [-0.3, -0.25) is 4.79 Å². The zero-order valence-electron chi connectivity index (χ0n) is 13.9. The van der Waals surface area contributed by atoms with Gasteiger partial charge in [-0.1, -0.05) is 26.7 Å². The molecule has 1 aromatic carbocycles. The second-order valence-electron chi connectivity index (χ2n) is 5.67. The molecule has 0 unspecified atom stereocenters. The number of benzene rings is 1. The summed E-state index contributed by atoms with van der Waals surface area (Å²) in [5.41, 5.74) is 8.58. The molecule has 0 bridgehead atoms. The molecule has 1 rings (SSSR count). The Labute approximate surface area is 128 Å². The molecule has 2 N–H and O–H groups in total. The fourth-order valence-electron chi connectivity index (χ4n) is 2.26. The second kappa shape index (κ2) is 8.55. The van der Waals surface area contributed by atoms with Crippen molar-refractivity contribution in [2.75, 3.05) is 37.8 Å². The Hall–Kier alpha value is -1.71. The molecule has 4 heteroatoms. The lowest BCUT2D eigenvalue weighted by Gasteiger charge is -2.26. The third-order valence-corrected chi connectivity index (χ3v) is 3.59. The molecule has 0 spiro atoms. The Kier molecular flexibility index (Phi) is 7.06. The van der Waals surface area contributed by atoms with Crippen LogP contribution in [0.5, 0.6) is 0 Å². The summed E-state index contributed by atoms with van der Waals surface area (Å²) in [7, 11) is 3.54. The van der Waals surface area contributed by atoms with Gasteiger partial charge in [0.25, 0.3) is 5.91 Å². The van der Waals surface area contributed by atoms with E-state index < -0.39 is 0 Å². The van der Waals surface area contributed by atoms with E-state index in [9.17, 15) is 4.79 Å². The minimum Gasteiger partial charge on any atom is -0.397 e. The monoisotopic (exact) mass is 291 g/mol. The summed E-state index contributed by atoms with van der Waals surface area (Å²) in [4.78, 5) is 16.0. The van der Waals surface area contributed by atoms with E-state index in [1.807, 2.05) is 12.1 Å². The van der Waals surface area contributed by atoms with Crippen LogP contribution in [0.2, 0.25) is 0 Å². The minimum atomic E-state index is 0.0159. The highest BCUT2D eigenvalue weighted by molar-refractivity contribution is 5.96. The minimum absolute atomic E-state index is 0.0159. The zero-order chi connectivity index (χ0) is 15.8. The van der Waals surface area contributed by atoms with Crippen LogP contribution < -0.4 is 10.6 Å². The Bertz CT molecular complexity index is 449. The van der Waals surface area contributed by atoms with Crippen LogP contribution in [0, 0.1) is 0 Å². The van der Waals surface area contributed by atoms with Gasteiger partial charge in [0.05, 0.1) is 11.4 Å². The molecule has 0 radical (unpaired) electrons. The van der Waals surface area contributed by atoms with Crippen LogP contribution in [0.3, 0.4) is 0 Å². The maximum Gasteiger partial charge on any atom is 0.253 e. The van der Waals surface area contributed by atoms with Crippen molar-refractivity contribution in [2.24, 2.45) is 0 Å². The number of hydrogen-bond acceptors (Lipinski definition) is 3. The van der Waals surface area contributed by atoms with Crippen LogP contribution in [0.25, 0.3) is 0 Å². The molecule has 1 amide bonds. The average Bonchev–Trinajstić information content (AvgIpc) is 2.47. The summed E-state index contributed by atoms with van der Waals surface area (Å²) in [6, 6.07) is 5.58. The number of hydrogen-bond donors (Lipinski definition) is 1. The first kappa shape index (κ1) is 17.3. The molecule has 0 aliphatic heterocycles. The molecule has 118 valence electrons. The van der Waals surface area contributed by atoms with Gasteiger partial charge in [0.15, 0.2) is 0 Å². The van der Waals surface area contributed by atoms with Crippen LogP contribution in [-0.4, -0.2) is 38.0 Å². The van der Waals surface area contributed by atoms with E-state index >= 15 is 0 Å². The van der Waals surface area contributed by atoms with Crippen molar-refractivity contribution in [1.29, 1.82) is 0 Å². The van der Waals surface area contributed by atoms with Crippen LogP contribution in [0.1, 0.15) is 49.9 Å². The summed E-state index contributed by atoms with van der Waals surface area (Å²) in [6.07, 6.45) is 4.57. The Morgan fingerprint density at radius 2 is 1.67 bits per heavy atom. The van der Waals surface area contributed by atoms with Crippen molar-refractivity contribution >= 4 is 17.3 Å². The topological polar surface area (TPSA) is 49.6 Å². The van der Waals surface area contributed by atoms with E-state index in [1.54, 1.807) is 25.1 Å². The standard InChI is InChI=1S/C17H29N3O/c1-5-7-11-20(12-8-6-2)16-13-14(9-10-15(16)18)17(21)19(3)4/h9-10,13H,5-8,11-12,18H2,1-4H3. The van der Waals surface area contributed by atoms with E-state index in [2.05, 4.69) is 18.7 Å². The van der Waals surface area contributed by atoms with Gasteiger partial charge in [-0.2, -0.15) is 0 Å². The summed E-state index contributed by atoms with van der Waals surface area (Å²) in [5.74, 6) is 0.0159. The molecule has 0 aromatic heterocycles. The normalized spacial score (nSPS) is 10.5. The van der Waals surface area contributed by atoms with E-state index in [0.29, 0.717) is 5.56 Å². The van der Waals surface area contributed by atoms with Gasteiger partial charge in [0.2, 0.25) is 0 Å². The molecule has 0 aliphatic carbocycles. The Morgan fingerprint density at radius 3 is 2.14 bits per heavy atom. The first-order valence-corrected chi connectivity index (χ1v) is 7.87. The number of amides is 1. The number of nitrogens with zero attached hydrogens (tertiary/aromatic N) is 2. The van der Waals surface area contributed by atoms with Crippen molar-refractivity contribution in [3.8, 4) is 0 Å². The van der Waals surface area contributed by atoms with Gasteiger partial charge >= 0.3 is 0 Å².